The van der Waals surface area contributed by atoms with Gasteiger partial charge in [0.25, 0.3) is 0 Å². The average molecular weight is 303 g/mol. The van der Waals surface area contributed by atoms with Crippen molar-refractivity contribution in [3.63, 3.8) is 0 Å². The highest BCUT2D eigenvalue weighted by molar-refractivity contribution is 7.98. The quantitative estimate of drug-likeness (QED) is 0.578. The molecule has 2 heterocycles. The Hall–Kier alpha value is -1.63. The van der Waals surface area contributed by atoms with E-state index in [1.54, 1.807) is 11.8 Å². The van der Waals surface area contributed by atoms with Crippen molar-refractivity contribution in [1.82, 2.24) is 24.9 Å². The number of hydrogen-bond acceptors (Lipinski definition) is 6. The van der Waals surface area contributed by atoms with Crippen molar-refractivity contribution >= 4 is 11.8 Å². The molecule has 0 spiro atoms. The van der Waals surface area contributed by atoms with E-state index in [-0.39, 0.29) is 0 Å². The van der Waals surface area contributed by atoms with Gasteiger partial charge in [-0.05, 0) is 25.7 Å². The van der Waals surface area contributed by atoms with Gasteiger partial charge in [0, 0.05) is 18.4 Å². The van der Waals surface area contributed by atoms with Crippen LogP contribution < -0.4 is 0 Å². The molecule has 4 rings (SSSR count). The molecule has 7 heteroatoms. The average Bonchev–Trinajstić information content (AvgIpc) is 3.42. The molecule has 2 aliphatic rings. The van der Waals surface area contributed by atoms with Crippen molar-refractivity contribution in [3.8, 4) is 0 Å². The maximum atomic E-state index is 5.27. The summed E-state index contributed by atoms with van der Waals surface area (Å²) in [5.74, 6) is 4.36. The van der Waals surface area contributed by atoms with Crippen LogP contribution in [0.3, 0.4) is 0 Å². The third-order valence-corrected chi connectivity index (χ3v) is 4.70. The Morgan fingerprint density at radius 3 is 2.76 bits per heavy atom. The fraction of sp³-hybridized carbons (Fsp3) is 0.571. The monoisotopic (exact) mass is 303 g/mol. The molecule has 0 unspecified atom stereocenters. The molecule has 0 radical (unpaired) electrons. The zero-order chi connectivity index (χ0) is 14.2. The van der Waals surface area contributed by atoms with Crippen LogP contribution in [-0.4, -0.2) is 24.9 Å². The van der Waals surface area contributed by atoms with Crippen LogP contribution in [0.2, 0.25) is 0 Å². The first-order valence-electron chi connectivity index (χ1n) is 7.34. The van der Waals surface area contributed by atoms with Gasteiger partial charge >= 0.3 is 0 Å². The van der Waals surface area contributed by atoms with Crippen molar-refractivity contribution < 1.29 is 4.52 Å². The first kappa shape index (κ1) is 13.1. The van der Waals surface area contributed by atoms with Crippen molar-refractivity contribution in [3.05, 3.63) is 30.2 Å². The summed E-state index contributed by atoms with van der Waals surface area (Å²) in [5, 5.41) is 13.6. The van der Waals surface area contributed by atoms with Crippen molar-refractivity contribution in [2.45, 2.75) is 55.0 Å². The van der Waals surface area contributed by atoms with Crippen molar-refractivity contribution in [2.24, 2.45) is 0 Å². The van der Waals surface area contributed by atoms with Crippen LogP contribution in [-0.2, 0) is 12.3 Å². The number of rotatable bonds is 7. The highest BCUT2D eigenvalue weighted by Gasteiger charge is 2.31. The van der Waals surface area contributed by atoms with Crippen LogP contribution in [0.5, 0.6) is 0 Å². The number of aromatic nitrogens is 5. The van der Waals surface area contributed by atoms with Crippen LogP contribution >= 0.6 is 11.8 Å². The van der Waals surface area contributed by atoms with Crippen LogP contribution in [0.25, 0.3) is 0 Å². The van der Waals surface area contributed by atoms with E-state index >= 15 is 0 Å². The molecule has 0 N–H and O–H groups in total. The zero-order valence-electron chi connectivity index (χ0n) is 11.7. The first-order valence-corrected chi connectivity index (χ1v) is 8.33. The lowest BCUT2D eigenvalue weighted by atomic mass is 10.4. The van der Waals surface area contributed by atoms with Crippen LogP contribution in [0, 0.1) is 0 Å². The van der Waals surface area contributed by atoms with Crippen LogP contribution in [0.1, 0.15) is 55.1 Å². The van der Waals surface area contributed by atoms with Crippen LogP contribution in [0.4, 0.5) is 0 Å². The minimum absolute atomic E-state index is 0.502. The van der Waals surface area contributed by atoms with E-state index in [9.17, 15) is 0 Å². The summed E-state index contributed by atoms with van der Waals surface area (Å²) in [6.07, 6.45) is 6.67. The molecule has 2 aromatic rings. The van der Waals surface area contributed by atoms with Gasteiger partial charge < -0.3 is 9.09 Å². The Labute approximate surface area is 127 Å². The highest BCUT2D eigenvalue weighted by Crippen LogP contribution is 2.41. The molecular formula is C14H17N5OS. The SMILES string of the molecule is C=CCn1c(SCc2noc(C3CC3)n2)nnc1C1CC1. The van der Waals surface area contributed by atoms with E-state index < -0.39 is 0 Å². The summed E-state index contributed by atoms with van der Waals surface area (Å²) in [6, 6.07) is 0. The minimum Gasteiger partial charge on any atom is -0.339 e. The van der Waals surface area contributed by atoms with E-state index in [0.29, 0.717) is 17.6 Å². The van der Waals surface area contributed by atoms with Gasteiger partial charge in [0.2, 0.25) is 5.89 Å². The van der Waals surface area contributed by atoms with E-state index in [2.05, 4.69) is 31.5 Å². The maximum absolute atomic E-state index is 5.27. The Balaban J connectivity index is 1.46. The van der Waals surface area contributed by atoms with Gasteiger partial charge in [-0.25, -0.2) is 0 Å². The Morgan fingerprint density at radius 1 is 1.24 bits per heavy atom. The molecule has 110 valence electrons. The Bertz CT molecular complexity index is 656. The second-order valence-corrected chi connectivity index (χ2v) is 6.57. The molecule has 6 nitrogen and oxygen atoms in total. The normalized spacial score (nSPS) is 18.1. The second-order valence-electron chi connectivity index (χ2n) is 5.63. The number of allylic oxidation sites excluding steroid dienone is 1. The molecule has 2 saturated carbocycles. The second kappa shape index (κ2) is 5.29. The smallest absolute Gasteiger partial charge is 0.229 e. The molecule has 0 aliphatic heterocycles. The predicted molar refractivity (Wildman–Crippen MR) is 78.0 cm³/mol. The molecule has 0 saturated heterocycles. The van der Waals surface area contributed by atoms with Gasteiger partial charge in [-0.15, -0.1) is 16.8 Å². The van der Waals surface area contributed by atoms with Gasteiger partial charge in [0.05, 0.1) is 5.75 Å². The minimum atomic E-state index is 0.502. The third kappa shape index (κ3) is 2.74. The summed E-state index contributed by atoms with van der Waals surface area (Å²) >= 11 is 1.61. The summed E-state index contributed by atoms with van der Waals surface area (Å²) < 4.78 is 7.42. The first-order chi connectivity index (χ1) is 10.3. The zero-order valence-corrected chi connectivity index (χ0v) is 12.6. The number of thioether (sulfide) groups is 1. The molecule has 2 aromatic heterocycles. The summed E-state index contributed by atoms with van der Waals surface area (Å²) in [7, 11) is 0. The fourth-order valence-electron chi connectivity index (χ4n) is 2.30. The molecule has 21 heavy (non-hydrogen) atoms. The largest absolute Gasteiger partial charge is 0.339 e. The Kier molecular flexibility index (Phi) is 3.29. The summed E-state index contributed by atoms with van der Waals surface area (Å²) in [5.41, 5.74) is 0. The molecule has 0 atom stereocenters. The fourth-order valence-corrected chi connectivity index (χ4v) is 3.10. The van der Waals surface area contributed by atoms with E-state index in [0.717, 1.165) is 29.2 Å². The Morgan fingerprint density at radius 2 is 2.05 bits per heavy atom. The van der Waals surface area contributed by atoms with Gasteiger partial charge in [-0.1, -0.05) is 23.0 Å². The van der Waals surface area contributed by atoms with E-state index in [4.69, 9.17) is 4.52 Å². The molecule has 2 fully saturated rings. The van der Waals surface area contributed by atoms with Crippen molar-refractivity contribution in [1.29, 1.82) is 0 Å². The van der Waals surface area contributed by atoms with E-state index in [1.807, 2.05) is 6.08 Å². The standard InChI is InChI=1S/C14H17N5OS/c1-2-7-19-12(9-3-4-9)16-17-14(19)21-8-11-15-13(20-18-11)10-5-6-10/h2,9-10H,1,3-8H2. The summed E-state index contributed by atoms with van der Waals surface area (Å²) in [4.78, 5) is 4.44. The van der Waals surface area contributed by atoms with Crippen molar-refractivity contribution in [2.75, 3.05) is 0 Å². The highest BCUT2D eigenvalue weighted by atomic mass is 32.2. The molecule has 2 aliphatic carbocycles. The predicted octanol–water partition coefficient (Wildman–Crippen LogP) is 2.89. The number of nitrogens with zero attached hydrogens (tertiary/aromatic N) is 5. The third-order valence-electron chi connectivity index (χ3n) is 3.74. The van der Waals surface area contributed by atoms with Gasteiger partial charge in [-0.3, -0.25) is 0 Å². The van der Waals surface area contributed by atoms with E-state index in [1.165, 1.54) is 25.7 Å². The van der Waals surface area contributed by atoms with Gasteiger partial charge in [0.15, 0.2) is 11.0 Å². The van der Waals surface area contributed by atoms with Gasteiger partial charge in [0.1, 0.15) is 5.82 Å². The van der Waals surface area contributed by atoms with Crippen LogP contribution in [0.15, 0.2) is 22.3 Å². The maximum Gasteiger partial charge on any atom is 0.229 e. The topological polar surface area (TPSA) is 69.6 Å². The molecule has 0 bridgehead atoms. The number of hydrogen-bond donors (Lipinski definition) is 0. The molecule has 0 amide bonds. The molecular weight excluding hydrogens is 286 g/mol. The lowest BCUT2D eigenvalue weighted by molar-refractivity contribution is 0.375. The van der Waals surface area contributed by atoms with Gasteiger partial charge in [-0.2, -0.15) is 4.98 Å². The lowest BCUT2D eigenvalue weighted by Gasteiger charge is -2.05. The molecule has 0 aromatic carbocycles. The lowest BCUT2D eigenvalue weighted by Crippen LogP contribution is -2.02. The summed E-state index contributed by atoms with van der Waals surface area (Å²) in [6.45, 7) is 4.57.